The van der Waals surface area contributed by atoms with Gasteiger partial charge in [-0.2, -0.15) is 0 Å². The molecule has 0 aliphatic rings. The third kappa shape index (κ3) is 4.91. The Balaban J connectivity index is 2.84. The quantitative estimate of drug-likeness (QED) is 0.667. The molecule has 0 unspecified atom stereocenters. The highest BCUT2D eigenvalue weighted by atomic mass is 16.5. The van der Waals surface area contributed by atoms with Crippen LogP contribution in [0.4, 0.5) is 10.5 Å². The molecule has 0 aliphatic carbocycles. The predicted octanol–water partition coefficient (Wildman–Crippen LogP) is 2.30. The molecule has 0 aromatic heterocycles. The van der Waals surface area contributed by atoms with E-state index in [4.69, 9.17) is 0 Å². The van der Waals surface area contributed by atoms with Gasteiger partial charge in [-0.15, -0.1) is 0 Å². The minimum atomic E-state index is -0.490. The van der Waals surface area contributed by atoms with Gasteiger partial charge >= 0.3 is 12.0 Å². The summed E-state index contributed by atoms with van der Waals surface area (Å²) < 4.78 is 4.58. The van der Waals surface area contributed by atoms with Gasteiger partial charge in [-0.05, 0) is 32.9 Å². The maximum absolute atomic E-state index is 12.2. The molecule has 2 amide bonds. The third-order valence-electron chi connectivity index (χ3n) is 2.93. The molecule has 0 heterocycles. The van der Waals surface area contributed by atoms with Crippen molar-refractivity contribution in [2.45, 2.75) is 26.8 Å². The van der Waals surface area contributed by atoms with Crippen LogP contribution in [0, 0.1) is 0 Å². The fourth-order valence-corrected chi connectivity index (χ4v) is 1.70. The zero-order chi connectivity index (χ0) is 16.0. The number of methoxy groups -OCH3 is 1. The number of carbonyl (C=O) groups excluding carboxylic acids is 3. The van der Waals surface area contributed by atoms with Crippen LogP contribution in [-0.2, 0) is 9.53 Å². The van der Waals surface area contributed by atoms with Gasteiger partial charge in [0.2, 0.25) is 0 Å². The summed E-state index contributed by atoms with van der Waals surface area (Å²) >= 11 is 0. The van der Waals surface area contributed by atoms with Gasteiger partial charge in [0.15, 0.2) is 5.78 Å². The monoisotopic (exact) mass is 292 g/mol. The number of Topliss-reactive ketones (excluding diaryl/α,β-unsaturated/α-hetero) is 1. The number of ether oxygens (including phenoxy) is 1. The van der Waals surface area contributed by atoms with Crippen LogP contribution in [0.25, 0.3) is 0 Å². The number of hydrogen-bond donors (Lipinski definition) is 1. The third-order valence-corrected chi connectivity index (χ3v) is 2.93. The van der Waals surface area contributed by atoms with Gasteiger partial charge < -0.3 is 15.0 Å². The molecule has 0 bridgehead atoms. The lowest BCUT2D eigenvalue weighted by Gasteiger charge is -2.25. The Hall–Kier alpha value is -2.37. The second kappa shape index (κ2) is 7.42. The molecule has 1 aromatic rings. The van der Waals surface area contributed by atoms with Crippen LogP contribution in [-0.4, -0.2) is 42.4 Å². The zero-order valence-electron chi connectivity index (χ0n) is 12.7. The molecule has 1 N–H and O–H groups in total. The summed E-state index contributed by atoms with van der Waals surface area (Å²) in [6.45, 7) is 4.92. The molecule has 0 saturated heterocycles. The van der Waals surface area contributed by atoms with Crippen molar-refractivity contribution < 1.29 is 19.1 Å². The van der Waals surface area contributed by atoms with Crippen molar-refractivity contribution in [3.8, 4) is 0 Å². The summed E-state index contributed by atoms with van der Waals surface area (Å²) in [6, 6.07) is 6.05. The van der Waals surface area contributed by atoms with Crippen LogP contribution in [0.3, 0.4) is 0 Å². The van der Waals surface area contributed by atoms with E-state index in [1.54, 1.807) is 38.1 Å². The number of nitrogens with one attached hydrogen (secondary N) is 1. The van der Waals surface area contributed by atoms with E-state index < -0.39 is 12.0 Å². The van der Waals surface area contributed by atoms with E-state index >= 15 is 0 Å². The number of anilines is 1. The first-order valence-corrected chi connectivity index (χ1v) is 6.60. The number of nitrogens with zero attached hydrogens (tertiary/aromatic N) is 1. The van der Waals surface area contributed by atoms with E-state index in [0.29, 0.717) is 11.3 Å². The highest BCUT2D eigenvalue weighted by Gasteiger charge is 2.20. The topological polar surface area (TPSA) is 75.7 Å². The Morgan fingerprint density at radius 2 is 1.95 bits per heavy atom. The van der Waals surface area contributed by atoms with Crippen LogP contribution < -0.4 is 5.32 Å². The number of hydrogen-bond acceptors (Lipinski definition) is 4. The van der Waals surface area contributed by atoms with E-state index in [0.717, 1.165) is 0 Å². The Labute approximate surface area is 124 Å². The molecule has 1 aromatic carbocycles. The summed E-state index contributed by atoms with van der Waals surface area (Å²) in [5.74, 6) is -0.572. The Kier molecular flexibility index (Phi) is 5.90. The van der Waals surface area contributed by atoms with E-state index in [1.807, 2.05) is 0 Å². The van der Waals surface area contributed by atoms with Crippen LogP contribution in [0.5, 0.6) is 0 Å². The average molecular weight is 292 g/mol. The van der Waals surface area contributed by atoms with E-state index in [1.165, 1.54) is 18.9 Å². The van der Waals surface area contributed by atoms with Crippen molar-refractivity contribution in [1.29, 1.82) is 0 Å². The normalized spacial score (nSPS) is 10.1. The Morgan fingerprint density at radius 1 is 1.29 bits per heavy atom. The first kappa shape index (κ1) is 16.7. The number of esters is 1. The molecule has 114 valence electrons. The van der Waals surface area contributed by atoms with E-state index in [2.05, 4.69) is 10.1 Å². The molecule has 21 heavy (non-hydrogen) atoms. The molecule has 6 nitrogen and oxygen atoms in total. The van der Waals surface area contributed by atoms with Gasteiger partial charge in [0.1, 0.15) is 6.54 Å². The molecular formula is C15H20N2O4. The first-order chi connectivity index (χ1) is 9.85. The van der Waals surface area contributed by atoms with Crippen LogP contribution >= 0.6 is 0 Å². The Bertz CT molecular complexity index is 540. The first-order valence-electron chi connectivity index (χ1n) is 6.60. The van der Waals surface area contributed by atoms with Crippen molar-refractivity contribution in [2.75, 3.05) is 19.0 Å². The number of ketones is 1. The van der Waals surface area contributed by atoms with Gasteiger partial charge in [-0.3, -0.25) is 9.59 Å². The minimum absolute atomic E-state index is 0.0821. The molecule has 0 saturated carbocycles. The van der Waals surface area contributed by atoms with Crippen molar-refractivity contribution in [1.82, 2.24) is 4.90 Å². The highest BCUT2D eigenvalue weighted by molar-refractivity contribution is 5.97. The number of amides is 2. The lowest BCUT2D eigenvalue weighted by atomic mass is 10.1. The van der Waals surface area contributed by atoms with E-state index in [9.17, 15) is 14.4 Å². The summed E-state index contributed by atoms with van der Waals surface area (Å²) in [6.07, 6.45) is 0. The van der Waals surface area contributed by atoms with Gasteiger partial charge in [0, 0.05) is 17.3 Å². The van der Waals surface area contributed by atoms with Gasteiger partial charge in [-0.1, -0.05) is 12.1 Å². The lowest BCUT2D eigenvalue weighted by Crippen LogP contribution is -2.43. The molecule has 0 spiro atoms. The fourth-order valence-electron chi connectivity index (χ4n) is 1.70. The molecule has 1 rings (SSSR count). The molecule has 0 aliphatic heterocycles. The highest BCUT2D eigenvalue weighted by Crippen LogP contribution is 2.13. The van der Waals surface area contributed by atoms with Gasteiger partial charge in [0.25, 0.3) is 0 Å². The maximum Gasteiger partial charge on any atom is 0.325 e. The van der Waals surface area contributed by atoms with E-state index in [-0.39, 0.29) is 18.4 Å². The molecule has 0 atom stereocenters. The van der Waals surface area contributed by atoms with Crippen molar-refractivity contribution in [2.24, 2.45) is 0 Å². The molecular weight excluding hydrogens is 272 g/mol. The summed E-state index contributed by atoms with van der Waals surface area (Å²) in [5, 5.41) is 2.68. The van der Waals surface area contributed by atoms with Crippen LogP contribution in [0.15, 0.2) is 24.3 Å². The fraction of sp³-hybridized carbons (Fsp3) is 0.400. The zero-order valence-corrected chi connectivity index (χ0v) is 12.7. The number of benzene rings is 1. The lowest BCUT2D eigenvalue weighted by molar-refractivity contribution is -0.141. The summed E-state index contributed by atoms with van der Waals surface area (Å²) in [7, 11) is 1.27. The number of urea groups is 1. The van der Waals surface area contributed by atoms with Crippen molar-refractivity contribution >= 4 is 23.5 Å². The summed E-state index contributed by atoms with van der Waals surface area (Å²) in [4.78, 5) is 36.2. The SMILES string of the molecule is COC(=O)CN(C(=O)Nc1cccc(C(C)=O)c1)C(C)C. The second-order valence-electron chi connectivity index (χ2n) is 4.86. The summed E-state index contributed by atoms with van der Waals surface area (Å²) in [5.41, 5.74) is 1.01. The number of rotatable bonds is 5. The number of carbonyl (C=O) groups is 3. The molecule has 6 heteroatoms. The molecule has 0 radical (unpaired) electrons. The molecule has 0 fully saturated rings. The van der Waals surface area contributed by atoms with Crippen LogP contribution in [0.2, 0.25) is 0 Å². The predicted molar refractivity (Wildman–Crippen MR) is 79.3 cm³/mol. The van der Waals surface area contributed by atoms with Crippen LogP contribution in [0.1, 0.15) is 31.1 Å². The minimum Gasteiger partial charge on any atom is -0.468 e. The maximum atomic E-state index is 12.2. The largest absolute Gasteiger partial charge is 0.468 e. The second-order valence-corrected chi connectivity index (χ2v) is 4.86. The van der Waals surface area contributed by atoms with Gasteiger partial charge in [-0.25, -0.2) is 4.79 Å². The smallest absolute Gasteiger partial charge is 0.325 e. The Morgan fingerprint density at radius 3 is 2.48 bits per heavy atom. The standard InChI is InChI=1S/C15H20N2O4/c1-10(2)17(9-14(19)21-4)15(20)16-13-7-5-6-12(8-13)11(3)18/h5-8,10H,9H2,1-4H3,(H,16,20). The van der Waals surface area contributed by atoms with Gasteiger partial charge in [0.05, 0.1) is 7.11 Å². The average Bonchev–Trinajstić information content (AvgIpc) is 2.44. The van der Waals surface area contributed by atoms with Crippen molar-refractivity contribution in [3.63, 3.8) is 0 Å². The van der Waals surface area contributed by atoms with Crippen molar-refractivity contribution in [3.05, 3.63) is 29.8 Å².